The SMILES string of the molecule is CCc1nc(O[C@H]2CC(C)(C)Oc3ccc(OC)cc32)c2oc3ccccc3c2n1. The molecule has 6 nitrogen and oxygen atoms in total. The molecule has 154 valence electrons. The molecule has 0 unspecified atom stereocenters. The Kier molecular flexibility index (Phi) is 4.31. The van der Waals surface area contributed by atoms with Gasteiger partial charge in [-0.25, -0.2) is 4.98 Å². The zero-order valence-electron chi connectivity index (χ0n) is 17.6. The van der Waals surface area contributed by atoms with Crippen LogP contribution in [0, 0.1) is 0 Å². The molecule has 30 heavy (non-hydrogen) atoms. The van der Waals surface area contributed by atoms with Crippen LogP contribution in [0.3, 0.4) is 0 Å². The summed E-state index contributed by atoms with van der Waals surface area (Å²) < 4.78 is 24.2. The van der Waals surface area contributed by atoms with Crippen molar-refractivity contribution in [3.63, 3.8) is 0 Å². The van der Waals surface area contributed by atoms with Gasteiger partial charge in [-0.05, 0) is 44.2 Å². The van der Waals surface area contributed by atoms with E-state index >= 15 is 0 Å². The molecule has 0 aliphatic carbocycles. The fraction of sp³-hybridized carbons (Fsp3) is 0.333. The lowest BCUT2D eigenvalue weighted by Crippen LogP contribution is -2.36. The molecule has 0 radical (unpaired) electrons. The first kappa shape index (κ1) is 18.7. The van der Waals surface area contributed by atoms with Crippen LogP contribution in [0.2, 0.25) is 0 Å². The predicted molar refractivity (Wildman–Crippen MR) is 114 cm³/mol. The predicted octanol–water partition coefficient (Wildman–Crippen LogP) is 5.63. The summed E-state index contributed by atoms with van der Waals surface area (Å²) in [5.41, 5.74) is 2.69. The zero-order chi connectivity index (χ0) is 20.9. The highest BCUT2D eigenvalue weighted by molar-refractivity contribution is 6.03. The molecule has 6 heteroatoms. The van der Waals surface area contributed by atoms with E-state index in [1.165, 1.54) is 0 Å². The number of hydrogen-bond acceptors (Lipinski definition) is 6. The second-order valence-electron chi connectivity index (χ2n) is 8.15. The summed E-state index contributed by atoms with van der Waals surface area (Å²) in [4.78, 5) is 9.38. The van der Waals surface area contributed by atoms with Gasteiger partial charge in [0.1, 0.15) is 40.1 Å². The van der Waals surface area contributed by atoms with Crippen molar-refractivity contribution in [2.45, 2.75) is 45.3 Å². The third-order valence-corrected chi connectivity index (χ3v) is 5.43. The Balaban J connectivity index is 1.65. The maximum Gasteiger partial charge on any atom is 0.262 e. The van der Waals surface area contributed by atoms with Gasteiger partial charge >= 0.3 is 0 Å². The number of aromatic nitrogens is 2. The Hall–Kier alpha value is -3.28. The Morgan fingerprint density at radius 3 is 2.77 bits per heavy atom. The average Bonchev–Trinajstić information content (AvgIpc) is 3.11. The summed E-state index contributed by atoms with van der Waals surface area (Å²) in [5, 5.41) is 0.962. The largest absolute Gasteiger partial charge is 0.497 e. The number of aryl methyl sites for hydroxylation is 1. The minimum absolute atomic E-state index is 0.255. The smallest absolute Gasteiger partial charge is 0.262 e. The maximum atomic E-state index is 6.52. The van der Waals surface area contributed by atoms with Crippen LogP contribution in [0.15, 0.2) is 46.9 Å². The van der Waals surface area contributed by atoms with Crippen LogP contribution >= 0.6 is 0 Å². The molecule has 0 amide bonds. The third-order valence-electron chi connectivity index (χ3n) is 5.43. The Labute approximate surface area is 174 Å². The van der Waals surface area contributed by atoms with Gasteiger partial charge < -0.3 is 18.6 Å². The molecule has 1 atom stereocenters. The van der Waals surface area contributed by atoms with Gasteiger partial charge in [-0.3, -0.25) is 0 Å². The van der Waals surface area contributed by atoms with E-state index in [1.54, 1.807) is 7.11 Å². The van der Waals surface area contributed by atoms with Crippen LogP contribution in [0.25, 0.3) is 22.1 Å². The van der Waals surface area contributed by atoms with Crippen LogP contribution < -0.4 is 14.2 Å². The summed E-state index contributed by atoms with van der Waals surface area (Å²) in [7, 11) is 1.65. The number of hydrogen-bond donors (Lipinski definition) is 0. The molecule has 2 aromatic carbocycles. The maximum absolute atomic E-state index is 6.52. The van der Waals surface area contributed by atoms with E-state index in [0.717, 1.165) is 39.4 Å². The molecule has 2 aromatic heterocycles. The first-order valence-corrected chi connectivity index (χ1v) is 10.2. The van der Waals surface area contributed by atoms with E-state index in [1.807, 2.05) is 49.4 Å². The van der Waals surface area contributed by atoms with Crippen LogP contribution in [-0.2, 0) is 6.42 Å². The summed E-state index contributed by atoms with van der Waals surface area (Å²) >= 11 is 0. The highest BCUT2D eigenvalue weighted by atomic mass is 16.5. The molecule has 0 spiro atoms. The minimum Gasteiger partial charge on any atom is -0.497 e. The van der Waals surface area contributed by atoms with Gasteiger partial charge in [0.2, 0.25) is 5.58 Å². The van der Waals surface area contributed by atoms with E-state index in [-0.39, 0.29) is 11.7 Å². The Morgan fingerprint density at radius 1 is 1.13 bits per heavy atom. The standard InChI is InChI=1S/C24H24N2O4/c1-5-20-25-21-15-8-6-7-9-17(15)28-22(21)23(26-20)29-19-13-24(2,3)30-18-11-10-14(27-4)12-16(18)19/h6-12,19H,5,13H2,1-4H3/t19-/m0/s1. The first-order valence-electron chi connectivity index (χ1n) is 10.2. The van der Waals surface area contributed by atoms with Crippen molar-refractivity contribution in [1.29, 1.82) is 0 Å². The van der Waals surface area contributed by atoms with Gasteiger partial charge in [0, 0.05) is 23.8 Å². The van der Waals surface area contributed by atoms with Crippen molar-refractivity contribution in [3.8, 4) is 17.4 Å². The van der Waals surface area contributed by atoms with Crippen molar-refractivity contribution in [1.82, 2.24) is 9.97 Å². The summed E-state index contributed by atoms with van der Waals surface area (Å²) in [6.07, 6.45) is 1.12. The zero-order valence-corrected chi connectivity index (χ0v) is 17.6. The molecular weight excluding hydrogens is 380 g/mol. The van der Waals surface area contributed by atoms with E-state index < -0.39 is 0 Å². The van der Waals surface area contributed by atoms with E-state index in [2.05, 4.69) is 18.8 Å². The summed E-state index contributed by atoms with van der Waals surface area (Å²) in [6.45, 7) is 6.15. The lowest BCUT2D eigenvalue weighted by Gasteiger charge is -2.37. The van der Waals surface area contributed by atoms with Crippen molar-refractivity contribution in [2.24, 2.45) is 0 Å². The van der Waals surface area contributed by atoms with Gasteiger partial charge in [0.15, 0.2) is 0 Å². The van der Waals surface area contributed by atoms with Crippen LogP contribution in [0.5, 0.6) is 17.4 Å². The van der Waals surface area contributed by atoms with Gasteiger partial charge in [0.05, 0.1) is 7.11 Å². The monoisotopic (exact) mass is 404 g/mol. The molecule has 4 aromatic rings. The molecule has 0 fully saturated rings. The van der Waals surface area contributed by atoms with Gasteiger partial charge in [-0.2, -0.15) is 4.98 Å². The van der Waals surface area contributed by atoms with E-state index in [9.17, 15) is 0 Å². The molecule has 3 heterocycles. The van der Waals surface area contributed by atoms with Crippen LogP contribution in [-0.4, -0.2) is 22.7 Å². The highest BCUT2D eigenvalue weighted by Crippen LogP contribution is 2.44. The topological polar surface area (TPSA) is 66.6 Å². The Bertz CT molecular complexity index is 1240. The third kappa shape index (κ3) is 3.12. The van der Waals surface area contributed by atoms with E-state index in [0.29, 0.717) is 24.3 Å². The number of rotatable bonds is 4. The number of ether oxygens (including phenoxy) is 3. The number of para-hydroxylation sites is 1. The molecule has 1 aliphatic rings. The molecule has 1 aliphatic heterocycles. The number of furan rings is 1. The number of fused-ring (bicyclic) bond motifs is 4. The van der Waals surface area contributed by atoms with Crippen molar-refractivity contribution < 1.29 is 18.6 Å². The number of benzene rings is 2. The molecular formula is C24H24N2O4. The quantitative estimate of drug-likeness (QED) is 0.439. The second-order valence-corrected chi connectivity index (χ2v) is 8.15. The molecule has 0 saturated carbocycles. The molecule has 0 bridgehead atoms. The van der Waals surface area contributed by atoms with Gasteiger partial charge in [-0.15, -0.1) is 0 Å². The fourth-order valence-corrected chi connectivity index (χ4v) is 3.98. The average molecular weight is 404 g/mol. The first-order chi connectivity index (χ1) is 14.5. The normalized spacial score (nSPS) is 17.5. The fourth-order valence-electron chi connectivity index (χ4n) is 3.98. The second kappa shape index (κ2) is 6.90. The lowest BCUT2D eigenvalue weighted by molar-refractivity contribution is 0.0203. The minimum atomic E-state index is -0.375. The lowest BCUT2D eigenvalue weighted by atomic mass is 9.91. The Morgan fingerprint density at radius 2 is 1.97 bits per heavy atom. The van der Waals surface area contributed by atoms with Crippen LogP contribution in [0.4, 0.5) is 0 Å². The van der Waals surface area contributed by atoms with E-state index in [4.69, 9.17) is 23.6 Å². The van der Waals surface area contributed by atoms with Crippen molar-refractivity contribution >= 4 is 22.1 Å². The van der Waals surface area contributed by atoms with Gasteiger partial charge in [-0.1, -0.05) is 19.1 Å². The number of nitrogens with zero attached hydrogens (tertiary/aromatic N) is 2. The van der Waals surface area contributed by atoms with Gasteiger partial charge in [0.25, 0.3) is 5.88 Å². The van der Waals surface area contributed by atoms with Crippen molar-refractivity contribution in [2.75, 3.05) is 7.11 Å². The summed E-state index contributed by atoms with van der Waals surface area (Å²) in [5.74, 6) is 2.74. The summed E-state index contributed by atoms with van der Waals surface area (Å²) in [6, 6.07) is 13.7. The van der Waals surface area contributed by atoms with Crippen molar-refractivity contribution in [3.05, 3.63) is 53.9 Å². The van der Waals surface area contributed by atoms with Crippen LogP contribution in [0.1, 0.15) is 44.7 Å². The molecule has 0 saturated heterocycles. The highest BCUT2D eigenvalue weighted by Gasteiger charge is 2.36. The molecule has 5 rings (SSSR count). The molecule has 0 N–H and O–H groups in total. The number of methoxy groups -OCH3 is 1.